The van der Waals surface area contributed by atoms with E-state index in [1.165, 1.54) is 6.34 Å². The molecule has 0 fully saturated rings. The Morgan fingerprint density at radius 1 is 1.56 bits per heavy atom. The lowest BCUT2D eigenvalue weighted by molar-refractivity contribution is 1.15. The van der Waals surface area contributed by atoms with Gasteiger partial charge in [-0.2, -0.15) is 11.8 Å². The van der Waals surface area contributed by atoms with Crippen LogP contribution in [-0.4, -0.2) is 24.9 Å². The zero-order valence-electron chi connectivity index (χ0n) is 6.42. The molecule has 0 heterocycles. The second-order valence-electron chi connectivity index (χ2n) is 1.05. The summed E-state index contributed by atoms with van der Waals surface area (Å²) in [5.74, 6) is 1.06. The first-order valence-electron chi connectivity index (χ1n) is 3.10. The number of thioether (sulfide) groups is 1. The second-order valence-corrected chi connectivity index (χ2v) is 2.03. The van der Waals surface area contributed by atoms with Crippen LogP contribution in [0.5, 0.6) is 0 Å². The van der Waals surface area contributed by atoms with Gasteiger partial charge in [-0.3, -0.25) is 4.99 Å². The van der Waals surface area contributed by atoms with E-state index >= 15 is 0 Å². The van der Waals surface area contributed by atoms with Crippen LogP contribution in [-0.2, 0) is 0 Å². The Balaban J connectivity index is 0. The van der Waals surface area contributed by atoms with Gasteiger partial charge in [-0.15, -0.1) is 0 Å². The summed E-state index contributed by atoms with van der Waals surface area (Å²) < 4.78 is 0. The molecule has 56 valence electrons. The molecule has 0 atom stereocenters. The summed E-state index contributed by atoms with van der Waals surface area (Å²) in [6, 6.07) is 0. The third-order valence-corrected chi connectivity index (χ3v) is 1.12. The molecule has 0 unspecified atom stereocenters. The lowest BCUT2D eigenvalue weighted by Gasteiger charge is -1.84. The highest BCUT2D eigenvalue weighted by atomic mass is 32.2. The van der Waals surface area contributed by atoms with E-state index in [0.29, 0.717) is 0 Å². The van der Waals surface area contributed by atoms with E-state index in [4.69, 9.17) is 5.73 Å². The minimum Gasteiger partial charge on any atom is -0.390 e. The number of nitrogens with two attached hydrogens (primary N) is 1. The highest BCUT2D eigenvalue weighted by molar-refractivity contribution is 7.98. The Morgan fingerprint density at radius 3 is 2.44 bits per heavy atom. The zero-order valence-corrected chi connectivity index (χ0v) is 7.24. The van der Waals surface area contributed by atoms with E-state index in [9.17, 15) is 0 Å². The SMILES string of the molecule is CC.CSCCN=CN. The van der Waals surface area contributed by atoms with Crippen LogP contribution >= 0.6 is 11.8 Å². The van der Waals surface area contributed by atoms with Crippen molar-refractivity contribution >= 4 is 18.1 Å². The number of hydrogen-bond donors (Lipinski definition) is 1. The number of hydrogen-bond acceptors (Lipinski definition) is 2. The zero-order chi connectivity index (χ0) is 7.54. The molecule has 9 heavy (non-hydrogen) atoms. The third-order valence-electron chi connectivity index (χ3n) is 0.530. The number of aliphatic imine (C=N–C) groups is 1. The van der Waals surface area contributed by atoms with Crippen LogP contribution in [0.1, 0.15) is 13.8 Å². The van der Waals surface area contributed by atoms with Gasteiger partial charge in [0.2, 0.25) is 0 Å². The highest BCUT2D eigenvalue weighted by Crippen LogP contribution is 1.88. The summed E-state index contributed by atoms with van der Waals surface area (Å²) in [5.41, 5.74) is 4.97. The predicted octanol–water partition coefficient (Wildman–Crippen LogP) is 1.36. The minimum atomic E-state index is 0.845. The van der Waals surface area contributed by atoms with Gasteiger partial charge in [0.25, 0.3) is 0 Å². The monoisotopic (exact) mass is 148 g/mol. The maximum Gasteiger partial charge on any atom is 0.0798 e. The average molecular weight is 148 g/mol. The molecule has 0 radical (unpaired) electrons. The molecule has 0 bridgehead atoms. The minimum absolute atomic E-state index is 0.845. The van der Waals surface area contributed by atoms with Crippen molar-refractivity contribution in [1.29, 1.82) is 0 Å². The van der Waals surface area contributed by atoms with Gasteiger partial charge in [-0.1, -0.05) is 13.8 Å². The lowest BCUT2D eigenvalue weighted by atomic mass is 10.8. The fourth-order valence-corrected chi connectivity index (χ4v) is 0.507. The maximum atomic E-state index is 4.97. The molecule has 0 aromatic carbocycles. The largest absolute Gasteiger partial charge is 0.390 e. The van der Waals surface area contributed by atoms with E-state index in [1.807, 2.05) is 20.1 Å². The molecule has 0 aromatic rings. The van der Waals surface area contributed by atoms with E-state index in [1.54, 1.807) is 11.8 Å². The summed E-state index contributed by atoms with van der Waals surface area (Å²) in [6.07, 6.45) is 3.39. The first kappa shape index (κ1) is 11.6. The summed E-state index contributed by atoms with van der Waals surface area (Å²) in [5, 5.41) is 0. The van der Waals surface area contributed by atoms with Crippen molar-refractivity contribution in [3.63, 3.8) is 0 Å². The standard InChI is InChI=1S/C4H10N2S.C2H6/c1-7-3-2-6-4-5;1-2/h4H,2-3H2,1H3,(H2,5,6);1-2H3. The molecule has 0 rings (SSSR count). The van der Waals surface area contributed by atoms with Gasteiger partial charge in [0.15, 0.2) is 0 Å². The molecule has 0 aliphatic carbocycles. The van der Waals surface area contributed by atoms with Crippen LogP contribution in [0.15, 0.2) is 4.99 Å². The Morgan fingerprint density at radius 2 is 2.11 bits per heavy atom. The normalized spacial score (nSPS) is 8.78. The molecule has 3 heteroatoms. The molecule has 0 aliphatic heterocycles. The Hall–Kier alpha value is -0.180. The summed E-state index contributed by atoms with van der Waals surface area (Å²) in [4.78, 5) is 3.79. The smallest absolute Gasteiger partial charge is 0.0798 e. The van der Waals surface area contributed by atoms with Crippen molar-refractivity contribution in [2.75, 3.05) is 18.6 Å². The molecule has 0 amide bonds. The third kappa shape index (κ3) is 18.2. The van der Waals surface area contributed by atoms with Crippen molar-refractivity contribution in [3.05, 3.63) is 0 Å². The molecule has 0 aromatic heterocycles. The van der Waals surface area contributed by atoms with E-state index in [2.05, 4.69) is 4.99 Å². The first-order chi connectivity index (χ1) is 4.41. The Bertz CT molecular complexity index is 55.0. The van der Waals surface area contributed by atoms with Crippen molar-refractivity contribution in [2.24, 2.45) is 10.7 Å². The lowest BCUT2D eigenvalue weighted by Crippen LogP contribution is -1.91. The summed E-state index contributed by atoms with van der Waals surface area (Å²) in [7, 11) is 0. The van der Waals surface area contributed by atoms with Gasteiger partial charge in [-0.05, 0) is 6.26 Å². The van der Waals surface area contributed by atoms with Gasteiger partial charge >= 0.3 is 0 Å². The molecule has 0 spiro atoms. The van der Waals surface area contributed by atoms with Gasteiger partial charge < -0.3 is 5.73 Å². The summed E-state index contributed by atoms with van der Waals surface area (Å²) >= 11 is 1.77. The molecule has 0 saturated heterocycles. The van der Waals surface area contributed by atoms with Gasteiger partial charge in [-0.25, -0.2) is 0 Å². The molecule has 0 aliphatic rings. The fraction of sp³-hybridized carbons (Fsp3) is 0.833. The van der Waals surface area contributed by atoms with Crippen LogP contribution in [0.4, 0.5) is 0 Å². The van der Waals surface area contributed by atoms with Crippen molar-refractivity contribution in [3.8, 4) is 0 Å². The first-order valence-corrected chi connectivity index (χ1v) is 4.50. The second kappa shape index (κ2) is 15.7. The Labute approximate surface area is 61.9 Å². The van der Waals surface area contributed by atoms with E-state index in [0.717, 1.165) is 12.3 Å². The van der Waals surface area contributed by atoms with Gasteiger partial charge in [0.05, 0.1) is 6.34 Å². The van der Waals surface area contributed by atoms with Crippen molar-refractivity contribution in [2.45, 2.75) is 13.8 Å². The molecule has 2 nitrogen and oxygen atoms in total. The van der Waals surface area contributed by atoms with E-state index < -0.39 is 0 Å². The fourth-order valence-electron chi connectivity index (χ4n) is 0.219. The quantitative estimate of drug-likeness (QED) is 0.373. The number of nitrogens with zero attached hydrogens (tertiary/aromatic N) is 1. The highest BCUT2D eigenvalue weighted by Gasteiger charge is 1.73. The van der Waals surface area contributed by atoms with Gasteiger partial charge in [0.1, 0.15) is 0 Å². The van der Waals surface area contributed by atoms with Crippen molar-refractivity contribution in [1.82, 2.24) is 0 Å². The molecular weight excluding hydrogens is 132 g/mol. The van der Waals surface area contributed by atoms with Gasteiger partial charge in [0, 0.05) is 12.3 Å². The maximum absolute atomic E-state index is 4.97. The van der Waals surface area contributed by atoms with Crippen molar-refractivity contribution < 1.29 is 0 Å². The molecule has 0 saturated carbocycles. The topological polar surface area (TPSA) is 38.4 Å². The number of rotatable bonds is 3. The van der Waals surface area contributed by atoms with Crippen LogP contribution in [0.3, 0.4) is 0 Å². The predicted molar refractivity (Wildman–Crippen MR) is 47.3 cm³/mol. The van der Waals surface area contributed by atoms with Crippen LogP contribution in [0.25, 0.3) is 0 Å². The molecule has 2 N–H and O–H groups in total. The Kier molecular flexibility index (Phi) is 20.2. The van der Waals surface area contributed by atoms with Crippen LogP contribution in [0.2, 0.25) is 0 Å². The van der Waals surface area contributed by atoms with Crippen LogP contribution in [0, 0.1) is 0 Å². The average Bonchev–Trinajstić information content (AvgIpc) is 1.94. The van der Waals surface area contributed by atoms with E-state index in [-0.39, 0.29) is 0 Å². The molecular formula is C6H16N2S. The van der Waals surface area contributed by atoms with Crippen LogP contribution < -0.4 is 5.73 Å². The summed E-state index contributed by atoms with van der Waals surface area (Å²) in [6.45, 7) is 4.84.